The quantitative estimate of drug-likeness (QED) is 0.889. The molecule has 0 saturated carbocycles. The summed E-state index contributed by atoms with van der Waals surface area (Å²) in [5.74, 6) is 0.505. The Morgan fingerprint density at radius 1 is 1.18 bits per heavy atom. The summed E-state index contributed by atoms with van der Waals surface area (Å²) >= 11 is 0. The van der Waals surface area contributed by atoms with Crippen molar-refractivity contribution < 1.29 is 18.7 Å². The molecule has 4 nitrogen and oxygen atoms in total. The van der Waals surface area contributed by atoms with Gasteiger partial charge in [-0.1, -0.05) is 12.1 Å². The molecule has 0 aromatic heterocycles. The minimum absolute atomic E-state index is 0.187. The summed E-state index contributed by atoms with van der Waals surface area (Å²) in [6.45, 7) is 2.51. The van der Waals surface area contributed by atoms with Gasteiger partial charge in [-0.15, -0.1) is 0 Å². The van der Waals surface area contributed by atoms with E-state index in [0.29, 0.717) is 18.0 Å². The average molecular weight is 303 g/mol. The SMILES string of the molecule is CCOc1ccc(CC(=O)Nc2cc(F)ccc2OC)cc1. The van der Waals surface area contributed by atoms with E-state index in [1.807, 2.05) is 31.2 Å². The minimum atomic E-state index is -0.433. The molecule has 0 unspecified atom stereocenters. The van der Waals surface area contributed by atoms with Crippen LogP contribution in [0.5, 0.6) is 11.5 Å². The molecule has 0 saturated heterocycles. The zero-order valence-corrected chi connectivity index (χ0v) is 12.6. The highest BCUT2D eigenvalue weighted by Crippen LogP contribution is 2.25. The number of hydrogen-bond acceptors (Lipinski definition) is 3. The highest BCUT2D eigenvalue weighted by molar-refractivity contribution is 5.93. The number of carbonyl (C=O) groups is 1. The molecule has 22 heavy (non-hydrogen) atoms. The summed E-state index contributed by atoms with van der Waals surface area (Å²) in [7, 11) is 1.47. The number of anilines is 1. The Labute approximate surface area is 128 Å². The van der Waals surface area contributed by atoms with E-state index in [2.05, 4.69) is 5.32 Å². The van der Waals surface area contributed by atoms with Gasteiger partial charge in [-0.05, 0) is 36.8 Å². The number of rotatable bonds is 6. The van der Waals surface area contributed by atoms with Crippen molar-refractivity contribution in [2.45, 2.75) is 13.3 Å². The smallest absolute Gasteiger partial charge is 0.228 e. The maximum atomic E-state index is 13.3. The molecule has 2 rings (SSSR count). The van der Waals surface area contributed by atoms with E-state index < -0.39 is 5.82 Å². The van der Waals surface area contributed by atoms with Crippen molar-refractivity contribution in [3.63, 3.8) is 0 Å². The van der Waals surface area contributed by atoms with Gasteiger partial charge in [-0.2, -0.15) is 0 Å². The molecule has 0 aliphatic carbocycles. The van der Waals surface area contributed by atoms with Crippen LogP contribution in [0.4, 0.5) is 10.1 Å². The largest absolute Gasteiger partial charge is 0.495 e. The van der Waals surface area contributed by atoms with Crippen LogP contribution in [0.1, 0.15) is 12.5 Å². The lowest BCUT2D eigenvalue weighted by Crippen LogP contribution is -2.15. The molecular weight excluding hydrogens is 285 g/mol. The van der Waals surface area contributed by atoms with Crippen LogP contribution in [0.2, 0.25) is 0 Å². The number of nitrogens with one attached hydrogen (secondary N) is 1. The van der Waals surface area contributed by atoms with Gasteiger partial charge in [0.1, 0.15) is 17.3 Å². The van der Waals surface area contributed by atoms with Crippen molar-refractivity contribution in [1.82, 2.24) is 0 Å². The molecule has 0 aliphatic heterocycles. The van der Waals surface area contributed by atoms with Crippen LogP contribution in [0.3, 0.4) is 0 Å². The van der Waals surface area contributed by atoms with E-state index in [4.69, 9.17) is 9.47 Å². The van der Waals surface area contributed by atoms with Crippen molar-refractivity contribution in [3.8, 4) is 11.5 Å². The second kappa shape index (κ2) is 7.45. The van der Waals surface area contributed by atoms with Crippen LogP contribution < -0.4 is 14.8 Å². The minimum Gasteiger partial charge on any atom is -0.495 e. The summed E-state index contributed by atoms with van der Waals surface area (Å²) in [5.41, 5.74) is 1.16. The van der Waals surface area contributed by atoms with Crippen LogP contribution >= 0.6 is 0 Å². The summed E-state index contributed by atoms with van der Waals surface area (Å²) in [6, 6.07) is 11.3. The van der Waals surface area contributed by atoms with E-state index in [0.717, 1.165) is 11.3 Å². The first-order chi connectivity index (χ1) is 10.6. The average Bonchev–Trinajstić information content (AvgIpc) is 2.50. The Balaban J connectivity index is 2.02. The molecule has 2 aromatic carbocycles. The first-order valence-corrected chi connectivity index (χ1v) is 6.97. The highest BCUT2D eigenvalue weighted by atomic mass is 19.1. The van der Waals surface area contributed by atoms with Crippen LogP contribution in [-0.4, -0.2) is 19.6 Å². The van der Waals surface area contributed by atoms with Crippen LogP contribution in [-0.2, 0) is 11.2 Å². The molecule has 1 N–H and O–H groups in total. The number of ether oxygens (including phenoxy) is 2. The van der Waals surface area contributed by atoms with Gasteiger partial charge in [0.15, 0.2) is 0 Å². The second-order valence-corrected chi connectivity index (χ2v) is 4.65. The van der Waals surface area contributed by atoms with E-state index in [1.165, 1.54) is 25.3 Å². The van der Waals surface area contributed by atoms with Crippen LogP contribution in [0, 0.1) is 5.82 Å². The summed E-state index contributed by atoms with van der Waals surface area (Å²) in [5, 5.41) is 2.66. The van der Waals surface area contributed by atoms with Crippen LogP contribution in [0.15, 0.2) is 42.5 Å². The molecule has 1 amide bonds. The molecule has 0 bridgehead atoms. The predicted molar refractivity (Wildman–Crippen MR) is 82.9 cm³/mol. The summed E-state index contributed by atoms with van der Waals surface area (Å²) in [6.07, 6.45) is 0.187. The molecular formula is C17H18FNO3. The fraction of sp³-hybridized carbons (Fsp3) is 0.235. The zero-order chi connectivity index (χ0) is 15.9. The second-order valence-electron chi connectivity index (χ2n) is 4.65. The summed E-state index contributed by atoms with van der Waals surface area (Å²) in [4.78, 5) is 12.1. The Morgan fingerprint density at radius 3 is 2.55 bits per heavy atom. The van der Waals surface area contributed by atoms with Gasteiger partial charge in [-0.3, -0.25) is 4.79 Å². The Bertz CT molecular complexity index is 641. The van der Waals surface area contributed by atoms with Crippen molar-refractivity contribution in [2.24, 2.45) is 0 Å². The maximum Gasteiger partial charge on any atom is 0.228 e. The number of methoxy groups -OCH3 is 1. The molecule has 0 aliphatic rings. The Hall–Kier alpha value is -2.56. The van der Waals surface area contributed by atoms with Gasteiger partial charge < -0.3 is 14.8 Å². The number of carbonyl (C=O) groups excluding carboxylic acids is 1. The lowest BCUT2D eigenvalue weighted by molar-refractivity contribution is -0.115. The Kier molecular flexibility index (Phi) is 5.36. The third kappa shape index (κ3) is 4.22. The lowest BCUT2D eigenvalue weighted by Gasteiger charge is -2.10. The van der Waals surface area contributed by atoms with E-state index in [9.17, 15) is 9.18 Å². The molecule has 0 radical (unpaired) electrons. The summed E-state index contributed by atoms with van der Waals surface area (Å²) < 4.78 is 23.7. The molecule has 116 valence electrons. The molecule has 2 aromatic rings. The molecule has 0 heterocycles. The number of benzene rings is 2. The maximum absolute atomic E-state index is 13.3. The standard InChI is InChI=1S/C17H18FNO3/c1-3-22-14-7-4-12(5-8-14)10-17(20)19-15-11-13(18)6-9-16(15)21-2/h4-9,11H,3,10H2,1-2H3,(H,19,20). The Morgan fingerprint density at radius 2 is 1.91 bits per heavy atom. The van der Waals surface area contributed by atoms with Gasteiger partial charge in [0, 0.05) is 6.07 Å². The van der Waals surface area contributed by atoms with Crippen molar-refractivity contribution >= 4 is 11.6 Å². The topological polar surface area (TPSA) is 47.6 Å². The first kappa shape index (κ1) is 15.8. The van der Waals surface area contributed by atoms with Gasteiger partial charge in [-0.25, -0.2) is 4.39 Å². The number of hydrogen-bond donors (Lipinski definition) is 1. The number of halogens is 1. The molecule has 0 atom stereocenters. The van der Waals surface area contributed by atoms with E-state index in [1.54, 1.807) is 0 Å². The predicted octanol–water partition coefficient (Wildman–Crippen LogP) is 3.41. The van der Waals surface area contributed by atoms with Gasteiger partial charge >= 0.3 is 0 Å². The van der Waals surface area contributed by atoms with Gasteiger partial charge in [0.25, 0.3) is 0 Å². The van der Waals surface area contributed by atoms with Crippen molar-refractivity contribution in [3.05, 3.63) is 53.8 Å². The first-order valence-electron chi connectivity index (χ1n) is 6.97. The fourth-order valence-electron chi connectivity index (χ4n) is 2.03. The molecule has 0 fully saturated rings. The third-order valence-corrected chi connectivity index (χ3v) is 3.03. The third-order valence-electron chi connectivity index (χ3n) is 3.03. The monoisotopic (exact) mass is 303 g/mol. The van der Waals surface area contributed by atoms with E-state index in [-0.39, 0.29) is 12.3 Å². The fourth-order valence-corrected chi connectivity index (χ4v) is 2.03. The normalized spacial score (nSPS) is 10.1. The molecule has 5 heteroatoms. The van der Waals surface area contributed by atoms with E-state index >= 15 is 0 Å². The van der Waals surface area contributed by atoms with Crippen LogP contribution in [0.25, 0.3) is 0 Å². The lowest BCUT2D eigenvalue weighted by atomic mass is 10.1. The van der Waals surface area contributed by atoms with Gasteiger partial charge in [0.2, 0.25) is 5.91 Å². The number of amides is 1. The van der Waals surface area contributed by atoms with Gasteiger partial charge in [0.05, 0.1) is 25.8 Å². The highest BCUT2D eigenvalue weighted by Gasteiger charge is 2.09. The zero-order valence-electron chi connectivity index (χ0n) is 12.6. The molecule has 0 spiro atoms. The van der Waals surface area contributed by atoms with Crippen molar-refractivity contribution in [1.29, 1.82) is 0 Å². The van der Waals surface area contributed by atoms with Crippen molar-refractivity contribution in [2.75, 3.05) is 19.0 Å².